The van der Waals surface area contributed by atoms with E-state index in [1.807, 2.05) is 68.4 Å². The summed E-state index contributed by atoms with van der Waals surface area (Å²) in [5.74, 6) is 0.559. The summed E-state index contributed by atoms with van der Waals surface area (Å²) in [4.78, 5) is 12.3. The Morgan fingerprint density at radius 1 is 1.08 bits per heavy atom. The first-order valence-electron chi connectivity index (χ1n) is 7.93. The van der Waals surface area contributed by atoms with Crippen LogP contribution in [0.1, 0.15) is 31.0 Å². The molecule has 24 heavy (non-hydrogen) atoms. The molecule has 2 unspecified atom stereocenters. The number of carbonyl (C=O) groups is 1. The fourth-order valence-corrected chi connectivity index (χ4v) is 2.32. The zero-order valence-electron chi connectivity index (χ0n) is 14.1. The number of carbonyl (C=O) groups excluding carboxylic acids is 1. The van der Waals surface area contributed by atoms with Crippen molar-refractivity contribution in [2.24, 2.45) is 11.7 Å². The molecule has 0 radical (unpaired) electrons. The molecule has 0 bridgehead atoms. The second kappa shape index (κ2) is 9.96. The summed E-state index contributed by atoms with van der Waals surface area (Å²) < 4.78 is 5.48. The van der Waals surface area contributed by atoms with Gasteiger partial charge in [-0.25, -0.2) is 0 Å². The Morgan fingerprint density at radius 2 is 1.67 bits per heavy atom. The monoisotopic (exact) mass is 348 g/mol. The van der Waals surface area contributed by atoms with E-state index in [9.17, 15) is 4.79 Å². The van der Waals surface area contributed by atoms with Crippen LogP contribution >= 0.6 is 12.4 Å². The molecule has 0 saturated carbocycles. The molecule has 0 spiro atoms. The van der Waals surface area contributed by atoms with Gasteiger partial charge in [0.25, 0.3) is 0 Å². The summed E-state index contributed by atoms with van der Waals surface area (Å²) in [6, 6.07) is 17.5. The number of amides is 1. The molecular formula is C19H25ClN2O2. The lowest BCUT2D eigenvalue weighted by molar-refractivity contribution is -0.124. The van der Waals surface area contributed by atoms with Crippen molar-refractivity contribution in [3.05, 3.63) is 65.7 Å². The highest BCUT2D eigenvalue weighted by molar-refractivity contribution is 5.85. The minimum absolute atomic E-state index is 0. The van der Waals surface area contributed by atoms with Gasteiger partial charge in [-0.05, 0) is 30.2 Å². The van der Waals surface area contributed by atoms with Gasteiger partial charge in [-0.1, -0.05) is 49.4 Å². The Morgan fingerprint density at radius 3 is 2.21 bits per heavy atom. The van der Waals surface area contributed by atoms with E-state index in [0.29, 0.717) is 13.2 Å². The maximum Gasteiger partial charge on any atom is 0.224 e. The van der Waals surface area contributed by atoms with Gasteiger partial charge in [-0.2, -0.15) is 0 Å². The Kier molecular flexibility index (Phi) is 8.30. The minimum atomic E-state index is -0.219. The quantitative estimate of drug-likeness (QED) is 0.806. The zero-order chi connectivity index (χ0) is 16.7. The van der Waals surface area contributed by atoms with Crippen molar-refractivity contribution in [3.63, 3.8) is 0 Å². The summed E-state index contributed by atoms with van der Waals surface area (Å²) in [5, 5.41) is 3.09. The molecule has 0 saturated heterocycles. The molecule has 2 rings (SSSR count). The number of ether oxygens (including phenoxy) is 1. The second-order valence-corrected chi connectivity index (χ2v) is 5.49. The van der Waals surface area contributed by atoms with E-state index in [4.69, 9.17) is 10.5 Å². The van der Waals surface area contributed by atoms with Crippen LogP contribution in [0, 0.1) is 5.92 Å². The average Bonchev–Trinajstić information content (AvgIpc) is 2.60. The maximum absolute atomic E-state index is 12.3. The fourth-order valence-electron chi connectivity index (χ4n) is 2.32. The van der Waals surface area contributed by atoms with Gasteiger partial charge in [0, 0.05) is 12.5 Å². The molecule has 5 heteroatoms. The normalized spacial score (nSPS) is 12.6. The van der Waals surface area contributed by atoms with Gasteiger partial charge in [-0.15, -0.1) is 12.4 Å². The average molecular weight is 349 g/mol. The van der Waals surface area contributed by atoms with Crippen molar-refractivity contribution in [2.45, 2.75) is 19.9 Å². The molecule has 0 aliphatic rings. The molecule has 0 aliphatic heterocycles. The van der Waals surface area contributed by atoms with Crippen molar-refractivity contribution in [3.8, 4) is 5.75 Å². The summed E-state index contributed by atoms with van der Waals surface area (Å²) in [5.41, 5.74) is 7.65. The topological polar surface area (TPSA) is 64.3 Å². The second-order valence-electron chi connectivity index (χ2n) is 5.49. The van der Waals surface area contributed by atoms with Crippen molar-refractivity contribution >= 4 is 18.3 Å². The lowest BCUT2D eigenvalue weighted by Crippen LogP contribution is -2.36. The third kappa shape index (κ3) is 5.25. The standard InChI is InChI=1S/C19H24N2O2.ClH/c1-3-23-17-11-9-16(10-12-17)18(15-7-5-4-6-8-15)21-19(22)14(2)13-20;/h4-12,14,18H,3,13,20H2,1-2H3,(H,21,22);1H. The highest BCUT2D eigenvalue weighted by atomic mass is 35.5. The van der Waals surface area contributed by atoms with E-state index in [1.165, 1.54) is 0 Å². The van der Waals surface area contributed by atoms with Gasteiger partial charge in [0.15, 0.2) is 0 Å². The van der Waals surface area contributed by atoms with Crippen LogP contribution in [0.5, 0.6) is 5.75 Å². The van der Waals surface area contributed by atoms with Gasteiger partial charge in [0.2, 0.25) is 5.91 Å². The first-order chi connectivity index (χ1) is 11.2. The van der Waals surface area contributed by atoms with Crippen molar-refractivity contribution in [1.29, 1.82) is 0 Å². The zero-order valence-corrected chi connectivity index (χ0v) is 14.9. The van der Waals surface area contributed by atoms with E-state index >= 15 is 0 Å². The Bertz CT molecular complexity index is 617. The Labute approximate surface area is 149 Å². The number of halogens is 1. The Balaban J connectivity index is 0.00000288. The van der Waals surface area contributed by atoms with Gasteiger partial charge >= 0.3 is 0 Å². The molecule has 2 aromatic carbocycles. The third-order valence-electron chi connectivity index (χ3n) is 3.75. The van der Waals surface area contributed by atoms with Crippen molar-refractivity contribution in [1.82, 2.24) is 5.32 Å². The number of nitrogens with one attached hydrogen (secondary N) is 1. The summed E-state index contributed by atoms with van der Waals surface area (Å²) in [6.45, 7) is 4.74. The van der Waals surface area contributed by atoms with Crippen LogP contribution in [-0.4, -0.2) is 19.1 Å². The first kappa shape index (κ1) is 20.0. The SMILES string of the molecule is CCOc1ccc(C(NC(=O)C(C)CN)c2ccccc2)cc1.Cl. The molecule has 0 heterocycles. The first-order valence-corrected chi connectivity index (χ1v) is 7.93. The van der Waals surface area contributed by atoms with Gasteiger partial charge < -0.3 is 15.8 Å². The smallest absolute Gasteiger partial charge is 0.224 e. The van der Waals surface area contributed by atoms with Crippen molar-refractivity contribution in [2.75, 3.05) is 13.2 Å². The van der Waals surface area contributed by atoms with Crippen LogP contribution in [0.4, 0.5) is 0 Å². The van der Waals surface area contributed by atoms with Crippen LogP contribution < -0.4 is 15.8 Å². The number of hydrogen-bond donors (Lipinski definition) is 2. The molecule has 130 valence electrons. The summed E-state index contributed by atoms with van der Waals surface area (Å²) in [6.07, 6.45) is 0. The van der Waals surface area contributed by atoms with Crippen LogP contribution in [0.15, 0.2) is 54.6 Å². The number of hydrogen-bond acceptors (Lipinski definition) is 3. The van der Waals surface area contributed by atoms with Gasteiger partial charge in [-0.3, -0.25) is 4.79 Å². The molecule has 2 atom stereocenters. The van der Waals surface area contributed by atoms with Crippen LogP contribution in [0.3, 0.4) is 0 Å². The van der Waals surface area contributed by atoms with E-state index in [0.717, 1.165) is 16.9 Å². The Hall–Kier alpha value is -2.04. The number of benzene rings is 2. The predicted molar refractivity (Wildman–Crippen MR) is 99.5 cm³/mol. The molecule has 3 N–H and O–H groups in total. The fraction of sp³-hybridized carbons (Fsp3) is 0.316. The largest absolute Gasteiger partial charge is 0.494 e. The molecule has 4 nitrogen and oxygen atoms in total. The number of nitrogens with two attached hydrogens (primary N) is 1. The molecule has 0 fully saturated rings. The van der Waals surface area contributed by atoms with Gasteiger partial charge in [0.05, 0.1) is 12.6 Å². The summed E-state index contributed by atoms with van der Waals surface area (Å²) >= 11 is 0. The molecule has 0 aliphatic carbocycles. The van der Waals surface area contributed by atoms with E-state index in [-0.39, 0.29) is 30.3 Å². The number of rotatable bonds is 7. The van der Waals surface area contributed by atoms with E-state index < -0.39 is 0 Å². The third-order valence-corrected chi connectivity index (χ3v) is 3.75. The molecule has 2 aromatic rings. The van der Waals surface area contributed by atoms with Gasteiger partial charge in [0.1, 0.15) is 5.75 Å². The highest BCUT2D eigenvalue weighted by Crippen LogP contribution is 2.24. The molecule has 0 aromatic heterocycles. The van der Waals surface area contributed by atoms with Crippen LogP contribution in [0.25, 0.3) is 0 Å². The maximum atomic E-state index is 12.3. The van der Waals surface area contributed by atoms with Crippen LogP contribution in [-0.2, 0) is 4.79 Å². The van der Waals surface area contributed by atoms with Crippen LogP contribution in [0.2, 0.25) is 0 Å². The van der Waals surface area contributed by atoms with E-state index in [2.05, 4.69) is 5.32 Å². The lowest BCUT2D eigenvalue weighted by atomic mass is 9.97. The summed E-state index contributed by atoms with van der Waals surface area (Å²) in [7, 11) is 0. The van der Waals surface area contributed by atoms with E-state index in [1.54, 1.807) is 0 Å². The predicted octanol–water partition coefficient (Wildman–Crippen LogP) is 3.31. The highest BCUT2D eigenvalue weighted by Gasteiger charge is 2.19. The molecular weight excluding hydrogens is 324 g/mol. The molecule has 1 amide bonds. The minimum Gasteiger partial charge on any atom is -0.494 e. The lowest BCUT2D eigenvalue weighted by Gasteiger charge is -2.22. The van der Waals surface area contributed by atoms with Crippen molar-refractivity contribution < 1.29 is 9.53 Å².